The normalized spacial score (nSPS) is 17.2. The monoisotopic (exact) mass is 436 g/mol. The molecule has 2 fully saturated rings. The first-order valence-corrected chi connectivity index (χ1v) is 10.8. The van der Waals surface area contributed by atoms with Crippen molar-refractivity contribution < 1.29 is 14.7 Å². The molecule has 1 aromatic carbocycles. The van der Waals surface area contributed by atoms with Crippen LogP contribution < -0.4 is 5.32 Å². The van der Waals surface area contributed by atoms with Crippen molar-refractivity contribution in [3.63, 3.8) is 0 Å². The number of carbonyl (C=O) groups excluding carboxylic acids is 1. The highest BCUT2D eigenvalue weighted by atomic mass is 16.4. The molecule has 1 aliphatic heterocycles. The van der Waals surface area contributed by atoms with Crippen LogP contribution in [0.3, 0.4) is 0 Å². The maximum absolute atomic E-state index is 12.8. The molecule has 1 saturated heterocycles. The Morgan fingerprint density at radius 3 is 2.41 bits per heavy atom. The van der Waals surface area contributed by atoms with Crippen LogP contribution in [0.5, 0.6) is 0 Å². The number of likely N-dealkylation sites (N-methyl/N-ethyl adjacent to an activating group) is 1. The number of fused-ring (bicyclic) bond motifs is 1. The van der Waals surface area contributed by atoms with Crippen LogP contribution in [-0.4, -0.2) is 74.7 Å². The maximum atomic E-state index is 12.8. The van der Waals surface area contributed by atoms with Crippen LogP contribution in [-0.2, 0) is 0 Å². The number of hydrogen-bond donors (Lipinski definition) is 2. The van der Waals surface area contributed by atoms with Gasteiger partial charge in [0, 0.05) is 30.3 Å². The first-order valence-electron chi connectivity index (χ1n) is 10.8. The molecule has 0 spiro atoms. The number of nitrogens with one attached hydrogen (secondary N) is 1. The van der Waals surface area contributed by atoms with Gasteiger partial charge < -0.3 is 14.9 Å². The lowest BCUT2D eigenvalue weighted by Crippen LogP contribution is -2.34. The molecule has 0 radical (unpaired) electrons. The molecule has 3 heterocycles. The summed E-state index contributed by atoms with van der Waals surface area (Å²) in [6.07, 6.45) is 4.27. The lowest BCUT2D eigenvalue weighted by Gasteiger charge is -2.20. The fourth-order valence-corrected chi connectivity index (χ4v) is 3.59. The third-order valence-electron chi connectivity index (χ3n) is 5.54. The maximum Gasteiger partial charge on any atom is 0.411 e. The van der Waals surface area contributed by atoms with Crippen LogP contribution in [0.25, 0.3) is 16.9 Å². The van der Waals surface area contributed by atoms with Crippen LogP contribution >= 0.6 is 0 Å². The van der Waals surface area contributed by atoms with E-state index in [4.69, 9.17) is 5.11 Å². The number of anilines is 1. The number of carbonyl (C=O) groups is 2. The summed E-state index contributed by atoms with van der Waals surface area (Å²) in [6.45, 7) is 1.51. The van der Waals surface area contributed by atoms with Gasteiger partial charge in [0.05, 0.1) is 5.69 Å². The average molecular weight is 437 g/mol. The lowest BCUT2D eigenvalue weighted by atomic mass is 10.1. The van der Waals surface area contributed by atoms with Crippen molar-refractivity contribution in [3.8, 4) is 11.3 Å². The Kier molecular flexibility index (Phi) is 6.36. The van der Waals surface area contributed by atoms with E-state index in [0.29, 0.717) is 17.3 Å². The number of hydrogen-bond acceptors (Lipinski definition) is 5. The predicted octanol–water partition coefficient (Wildman–Crippen LogP) is 3.43. The summed E-state index contributed by atoms with van der Waals surface area (Å²) in [5.74, 6) is 0.0500. The average Bonchev–Trinajstić information content (AvgIpc) is 3.47. The van der Waals surface area contributed by atoms with Crippen molar-refractivity contribution in [1.29, 1.82) is 0 Å². The molecule has 1 saturated carbocycles. The molecule has 32 heavy (non-hydrogen) atoms. The van der Waals surface area contributed by atoms with Crippen LogP contribution in [0, 0.1) is 0 Å². The fraction of sp³-hybridized carbons (Fsp3) is 0.391. The molecule has 168 valence electrons. The van der Waals surface area contributed by atoms with E-state index in [1.807, 2.05) is 55.4 Å². The second-order valence-electron chi connectivity index (χ2n) is 8.34. The van der Waals surface area contributed by atoms with Crippen LogP contribution in [0.15, 0.2) is 42.5 Å². The minimum absolute atomic E-state index is 0.0150. The molecule has 9 heteroatoms. The molecule has 5 rings (SSSR count). The number of carboxylic acid groups (broad SMARTS) is 1. The van der Waals surface area contributed by atoms with E-state index >= 15 is 0 Å². The Morgan fingerprint density at radius 2 is 1.81 bits per heavy atom. The van der Waals surface area contributed by atoms with Gasteiger partial charge in [0.25, 0.3) is 11.9 Å². The SMILES string of the molecule is C1CC1.CN(C)C1CCN(C(=O)c2ccc(-c3cccc4nc(NC(=O)O)nn34)cc2)C1. The molecule has 2 aliphatic rings. The highest BCUT2D eigenvalue weighted by Gasteiger charge is 2.28. The Morgan fingerprint density at radius 1 is 1.09 bits per heavy atom. The molecule has 1 atom stereocenters. The first-order chi connectivity index (χ1) is 15.4. The summed E-state index contributed by atoms with van der Waals surface area (Å²) in [4.78, 5) is 31.8. The summed E-state index contributed by atoms with van der Waals surface area (Å²) in [5.41, 5.74) is 2.78. The molecule has 9 nitrogen and oxygen atoms in total. The molecular formula is C23H28N6O3. The van der Waals surface area contributed by atoms with Crippen LogP contribution in [0.1, 0.15) is 36.0 Å². The molecule has 3 aromatic rings. The number of pyridine rings is 1. The summed E-state index contributed by atoms with van der Waals surface area (Å²) in [5, 5.41) is 15.2. The largest absolute Gasteiger partial charge is 0.465 e. The molecule has 1 aliphatic carbocycles. The number of aromatic nitrogens is 3. The predicted molar refractivity (Wildman–Crippen MR) is 122 cm³/mol. The zero-order chi connectivity index (χ0) is 22.7. The Bertz CT molecular complexity index is 1100. The van der Waals surface area contributed by atoms with Crippen LogP contribution in [0.4, 0.5) is 10.7 Å². The van der Waals surface area contributed by atoms with Crippen molar-refractivity contribution in [1.82, 2.24) is 24.4 Å². The molecule has 1 unspecified atom stereocenters. The quantitative estimate of drug-likeness (QED) is 0.650. The minimum Gasteiger partial charge on any atom is -0.465 e. The Balaban J connectivity index is 0.000000754. The molecule has 0 bridgehead atoms. The molecule has 2 aromatic heterocycles. The van der Waals surface area contributed by atoms with E-state index in [1.165, 1.54) is 19.3 Å². The van der Waals surface area contributed by atoms with Crippen molar-refractivity contribution in [3.05, 3.63) is 48.0 Å². The van der Waals surface area contributed by atoms with Gasteiger partial charge in [-0.05, 0) is 44.8 Å². The zero-order valence-corrected chi connectivity index (χ0v) is 18.4. The van der Waals surface area contributed by atoms with Crippen molar-refractivity contribution in [2.45, 2.75) is 31.7 Å². The van der Waals surface area contributed by atoms with Gasteiger partial charge in [-0.15, -0.1) is 5.10 Å². The third kappa shape index (κ3) is 5.05. The van der Waals surface area contributed by atoms with E-state index in [-0.39, 0.29) is 11.9 Å². The van der Waals surface area contributed by atoms with Gasteiger partial charge in [0.2, 0.25) is 0 Å². The van der Waals surface area contributed by atoms with Crippen molar-refractivity contribution in [2.24, 2.45) is 0 Å². The fourth-order valence-electron chi connectivity index (χ4n) is 3.59. The van der Waals surface area contributed by atoms with Crippen molar-refractivity contribution >= 4 is 23.6 Å². The van der Waals surface area contributed by atoms with Gasteiger partial charge in [-0.25, -0.2) is 9.31 Å². The summed E-state index contributed by atoms with van der Waals surface area (Å²) in [6, 6.07) is 13.2. The van der Waals surface area contributed by atoms with Gasteiger partial charge in [-0.3, -0.25) is 10.1 Å². The number of amides is 2. The van der Waals surface area contributed by atoms with E-state index in [0.717, 1.165) is 30.8 Å². The van der Waals surface area contributed by atoms with Crippen molar-refractivity contribution in [2.75, 3.05) is 32.5 Å². The summed E-state index contributed by atoms with van der Waals surface area (Å²) < 4.78 is 1.57. The van der Waals surface area contributed by atoms with Gasteiger partial charge in [-0.1, -0.05) is 37.5 Å². The molecular weight excluding hydrogens is 408 g/mol. The number of likely N-dealkylation sites (tertiary alicyclic amines) is 1. The molecule has 2 N–H and O–H groups in total. The highest BCUT2D eigenvalue weighted by molar-refractivity contribution is 5.95. The van der Waals surface area contributed by atoms with Gasteiger partial charge in [0.1, 0.15) is 0 Å². The minimum atomic E-state index is -1.22. The first kappa shape index (κ1) is 21.8. The topological polar surface area (TPSA) is 103 Å². The second kappa shape index (κ2) is 9.35. The van der Waals surface area contributed by atoms with Gasteiger partial charge in [0.15, 0.2) is 5.65 Å². The van der Waals surface area contributed by atoms with E-state index < -0.39 is 6.09 Å². The molecule has 2 amide bonds. The van der Waals surface area contributed by atoms with Gasteiger partial charge >= 0.3 is 6.09 Å². The number of rotatable bonds is 4. The van der Waals surface area contributed by atoms with E-state index in [2.05, 4.69) is 20.3 Å². The lowest BCUT2D eigenvalue weighted by molar-refractivity contribution is 0.0783. The van der Waals surface area contributed by atoms with Gasteiger partial charge in [-0.2, -0.15) is 4.98 Å². The van der Waals surface area contributed by atoms with E-state index in [9.17, 15) is 9.59 Å². The zero-order valence-electron chi connectivity index (χ0n) is 18.4. The van der Waals surface area contributed by atoms with E-state index in [1.54, 1.807) is 10.6 Å². The third-order valence-corrected chi connectivity index (χ3v) is 5.54. The van der Waals surface area contributed by atoms with Crippen LogP contribution in [0.2, 0.25) is 0 Å². The Labute approximate surface area is 186 Å². The highest BCUT2D eigenvalue weighted by Crippen LogP contribution is 2.23. The number of nitrogens with zero attached hydrogens (tertiary/aromatic N) is 5. The standard InChI is InChI=1S/C20H22N6O3.C3H6/c1-24(2)15-10-11-25(12-15)18(27)14-8-6-13(7-9-14)16-4-3-5-17-21-19(22-20(28)29)23-26(16)17;1-2-3-1/h3-9,15H,10-12H2,1-2H3,(H,22,23)(H,28,29);1-3H2. The second-order valence-corrected chi connectivity index (χ2v) is 8.34. The Hall–Kier alpha value is -3.46. The smallest absolute Gasteiger partial charge is 0.411 e. The summed E-state index contributed by atoms with van der Waals surface area (Å²) >= 11 is 0. The summed E-state index contributed by atoms with van der Waals surface area (Å²) in [7, 11) is 4.07. The number of benzene rings is 1.